The van der Waals surface area contributed by atoms with E-state index in [1.165, 1.54) is 17.5 Å². The summed E-state index contributed by atoms with van der Waals surface area (Å²) in [7, 11) is 0. The van der Waals surface area contributed by atoms with E-state index in [0.717, 1.165) is 73.9 Å². The third kappa shape index (κ3) is 4.97. The van der Waals surface area contributed by atoms with Gasteiger partial charge >= 0.3 is 0 Å². The number of hydrogen-bond donors (Lipinski definition) is 0. The molecule has 29 heavy (non-hydrogen) atoms. The number of thioether (sulfide) groups is 1. The summed E-state index contributed by atoms with van der Waals surface area (Å²) in [6.07, 6.45) is 5.43. The molecule has 154 valence electrons. The summed E-state index contributed by atoms with van der Waals surface area (Å²) >= 11 is 1.52. The zero-order chi connectivity index (χ0) is 20.1. The third-order valence-electron chi connectivity index (χ3n) is 5.40. The Bertz CT molecular complexity index is 896. The summed E-state index contributed by atoms with van der Waals surface area (Å²) < 4.78 is 5.44. The van der Waals surface area contributed by atoms with Gasteiger partial charge in [-0.25, -0.2) is 9.97 Å². The lowest BCUT2D eigenvalue weighted by molar-refractivity contribution is -0.126. The average Bonchev–Trinajstić information content (AvgIpc) is 3.28. The molecule has 1 amide bonds. The molecule has 1 saturated heterocycles. The van der Waals surface area contributed by atoms with Crippen LogP contribution in [-0.4, -0.2) is 64.3 Å². The van der Waals surface area contributed by atoms with Gasteiger partial charge in [0.2, 0.25) is 5.91 Å². The Morgan fingerprint density at radius 1 is 1.24 bits per heavy atom. The van der Waals surface area contributed by atoms with E-state index >= 15 is 0 Å². The summed E-state index contributed by atoms with van der Waals surface area (Å²) in [4.78, 5) is 26.7. The van der Waals surface area contributed by atoms with Gasteiger partial charge in [-0.1, -0.05) is 36.0 Å². The highest BCUT2D eigenvalue weighted by Gasteiger charge is 2.20. The van der Waals surface area contributed by atoms with Crippen LogP contribution in [0.15, 0.2) is 41.1 Å². The fraction of sp³-hybridized carbons (Fsp3) is 0.500. The summed E-state index contributed by atoms with van der Waals surface area (Å²) in [5.74, 6) is 1.36. The van der Waals surface area contributed by atoms with E-state index in [1.54, 1.807) is 0 Å². The monoisotopic (exact) mass is 412 g/mol. The molecule has 0 N–H and O–H groups in total. The number of fused-ring (bicyclic) bond motifs is 1. The maximum Gasteiger partial charge on any atom is 0.237 e. The van der Waals surface area contributed by atoms with Gasteiger partial charge in [0.1, 0.15) is 10.9 Å². The number of morpholine rings is 1. The van der Waals surface area contributed by atoms with Crippen LogP contribution in [0.1, 0.15) is 32.0 Å². The molecule has 1 fully saturated rings. The van der Waals surface area contributed by atoms with Gasteiger partial charge in [0.05, 0.1) is 31.0 Å². The van der Waals surface area contributed by atoms with Crippen LogP contribution in [0.5, 0.6) is 0 Å². The molecule has 0 radical (unpaired) electrons. The standard InChI is InChI=1S/C22H28N4O2S/c1-2-26(17-7-3-4-8-17)21(27)16-29-22-18-9-5-6-10-19(18)23-20(24-22)15-25-11-13-28-14-12-25/h5-7,9-10H,2-4,8,11-16H2,1H3. The number of benzene rings is 1. The fourth-order valence-corrected chi connectivity index (χ4v) is 4.79. The van der Waals surface area contributed by atoms with E-state index < -0.39 is 0 Å². The number of aromatic nitrogens is 2. The van der Waals surface area contributed by atoms with Crippen LogP contribution in [0.4, 0.5) is 0 Å². The zero-order valence-electron chi connectivity index (χ0n) is 17.0. The molecule has 1 aromatic carbocycles. The Balaban J connectivity index is 1.51. The number of nitrogens with zero attached hydrogens (tertiary/aromatic N) is 4. The second-order valence-corrected chi connectivity index (χ2v) is 8.33. The molecule has 4 rings (SSSR count). The van der Waals surface area contributed by atoms with Crippen molar-refractivity contribution in [1.82, 2.24) is 19.8 Å². The molecular weight excluding hydrogens is 384 g/mol. The summed E-state index contributed by atoms with van der Waals surface area (Å²) in [5.41, 5.74) is 2.12. The highest BCUT2D eigenvalue weighted by Crippen LogP contribution is 2.27. The van der Waals surface area contributed by atoms with E-state index in [2.05, 4.69) is 11.0 Å². The van der Waals surface area contributed by atoms with Crippen LogP contribution in [0.25, 0.3) is 10.9 Å². The minimum absolute atomic E-state index is 0.156. The number of allylic oxidation sites excluding steroid dienone is 2. The molecule has 6 nitrogen and oxygen atoms in total. The lowest BCUT2D eigenvalue weighted by Crippen LogP contribution is -2.36. The topological polar surface area (TPSA) is 58.6 Å². The van der Waals surface area contributed by atoms with Gasteiger partial charge in [0.25, 0.3) is 0 Å². The number of para-hydroxylation sites is 1. The maximum absolute atomic E-state index is 12.9. The number of ether oxygens (including phenoxy) is 1. The number of carbonyl (C=O) groups is 1. The van der Waals surface area contributed by atoms with Crippen LogP contribution >= 0.6 is 11.8 Å². The smallest absolute Gasteiger partial charge is 0.237 e. The molecular formula is C22H28N4O2S. The van der Waals surface area contributed by atoms with Crippen molar-refractivity contribution in [2.45, 2.75) is 37.8 Å². The van der Waals surface area contributed by atoms with Gasteiger partial charge in [0.15, 0.2) is 0 Å². The summed E-state index contributed by atoms with van der Waals surface area (Å²) in [6, 6.07) is 8.06. The van der Waals surface area contributed by atoms with E-state index in [4.69, 9.17) is 14.7 Å². The average molecular weight is 413 g/mol. The quantitative estimate of drug-likeness (QED) is 0.513. The minimum atomic E-state index is 0.156. The van der Waals surface area contributed by atoms with Crippen molar-refractivity contribution in [3.8, 4) is 0 Å². The van der Waals surface area contributed by atoms with Gasteiger partial charge in [-0.2, -0.15) is 0 Å². The van der Waals surface area contributed by atoms with Crippen molar-refractivity contribution in [3.05, 3.63) is 41.9 Å². The summed E-state index contributed by atoms with van der Waals surface area (Å²) in [5, 5.41) is 1.91. The molecule has 2 heterocycles. The Morgan fingerprint density at radius 3 is 2.83 bits per heavy atom. The number of carbonyl (C=O) groups excluding carboxylic acids is 1. The first kappa shape index (κ1) is 20.3. The molecule has 2 aliphatic rings. The van der Waals surface area contributed by atoms with Crippen LogP contribution in [-0.2, 0) is 16.1 Å². The van der Waals surface area contributed by atoms with E-state index in [1.807, 2.05) is 36.1 Å². The second kappa shape index (κ2) is 9.69. The molecule has 0 spiro atoms. The highest BCUT2D eigenvalue weighted by molar-refractivity contribution is 8.00. The van der Waals surface area contributed by atoms with E-state index in [9.17, 15) is 4.79 Å². The Morgan fingerprint density at radius 2 is 2.07 bits per heavy atom. The molecule has 1 aliphatic heterocycles. The van der Waals surface area contributed by atoms with Crippen LogP contribution in [0.2, 0.25) is 0 Å². The van der Waals surface area contributed by atoms with Crippen molar-refractivity contribution in [1.29, 1.82) is 0 Å². The highest BCUT2D eigenvalue weighted by atomic mass is 32.2. The molecule has 0 atom stereocenters. The van der Waals surface area contributed by atoms with Gasteiger partial charge in [0, 0.05) is 30.7 Å². The molecule has 2 aromatic rings. The minimum Gasteiger partial charge on any atom is -0.379 e. The van der Waals surface area contributed by atoms with Crippen LogP contribution in [0, 0.1) is 0 Å². The Labute approximate surface area is 176 Å². The van der Waals surface area contributed by atoms with Crippen molar-refractivity contribution >= 4 is 28.6 Å². The largest absolute Gasteiger partial charge is 0.379 e. The second-order valence-electron chi connectivity index (χ2n) is 7.37. The van der Waals surface area contributed by atoms with Gasteiger partial charge in [-0.15, -0.1) is 0 Å². The normalized spacial score (nSPS) is 17.5. The first-order chi connectivity index (χ1) is 14.2. The molecule has 0 bridgehead atoms. The number of rotatable bonds is 7. The van der Waals surface area contributed by atoms with Gasteiger partial charge in [-0.05, 0) is 32.3 Å². The van der Waals surface area contributed by atoms with Crippen molar-refractivity contribution in [2.75, 3.05) is 38.6 Å². The van der Waals surface area contributed by atoms with Gasteiger partial charge in [-0.3, -0.25) is 9.69 Å². The molecule has 1 aliphatic carbocycles. The molecule has 0 saturated carbocycles. The molecule has 7 heteroatoms. The van der Waals surface area contributed by atoms with E-state index in [-0.39, 0.29) is 5.91 Å². The zero-order valence-corrected chi connectivity index (χ0v) is 17.8. The SMILES string of the molecule is CCN(C(=O)CSc1nc(CN2CCOCC2)nc2ccccc12)C1=CCCC1. The van der Waals surface area contributed by atoms with Crippen LogP contribution in [0.3, 0.4) is 0 Å². The summed E-state index contributed by atoms with van der Waals surface area (Å²) in [6.45, 7) is 6.79. The molecule has 1 aromatic heterocycles. The lowest BCUT2D eigenvalue weighted by atomic mass is 10.2. The Kier molecular flexibility index (Phi) is 6.79. The first-order valence-electron chi connectivity index (χ1n) is 10.4. The van der Waals surface area contributed by atoms with Crippen molar-refractivity contribution < 1.29 is 9.53 Å². The molecule has 0 unspecified atom stereocenters. The van der Waals surface area contributed by atoms with Crippen LogP contribution < -0.4 is 0 Å². The van der Waals surface area contributed by atoms with E-state index in [0.29, 0.717) is 12.3 Å². The maximum atomic E-state index is 12.9. The van der Waals surface area contributed by atoms with Gasteiger partial charge < -0.3 is 9.64 Å². The third-order valence-corrected chi connectivity index (χ3v) is 6.37. The predicted molar refractivity (Wildman–Crippen MR) is 116 cm³/mol. The van der Waals surface area contributed by atoms with Crippen molar-refractivity contribution in [3.63, 3.8) is 0 Å². The van der Waals surface area contributed by atoms with Crippen molar-refractivity contribution in [2.24, 2.45) is 0 Å². The Hall–Kier alpha value is -1.96. The first-order valence-corrected chi connectivity index (χ1v) is 11.4. The number of hydrogen-bond acceptors (Lipinski definition) is 6. The predicted octanol–water partition coefficient (Wildman–Crippen LogP) is 3.47. The lowest BCUT2D eigenvalue weighted by Gasteiger charge is -2.26. The fourth-order valence-electron chi connectivity index (χ4n) is 3.88. The number of amides is 1.